The lowest BCUT2D eigenvalue weighted by molar-refractivity contribution is -0.156. The molecule has 1 aromatic rings. The molecule has 0 aliphatic heterocycles. The van der Waals surface area contributed by atoms with Gasteiger partial charge in [0.15, 0.2) is 9.84 Å². The van der Waals surface area contributed by atoms with E-state index in [1.54, 1.807) is 0 Å². The number of carbonyl (C=O) groups is 1. The number of amides is 1. The molecule has 1 aromatic carbocycles. The third-order valence-electron chi connectivity index (χ3n) is 3.04. The third-order valence-corrected chi connectivity index (χ3v) is 5.04. The molecule has 1 atom stereocenters. The number of halogens is 4. The van der Waals surface area contributed by atoms with Crippen molar-refractivity contribution in [2.24, 2.45) is 0 Å². The predicted molar refractivity (Wildman–Crippen MR) is 72.3 cm³/mol. The van der Waals surface area contributed by atoms with Crippen molar-refractivity contribution in [2.75, 3.05) is 19.3 Å². The number of nitrogens with zero attached hydrogens (tertiary/aromatic N) is 1. The summed E-state index contributed by atoms with van der Waals surface area (Å²) in [4.78, 5) is 11.9. The molecule has 0 saturated carbocycles. The lowest BCUT2D eigenvalue weighted by atomic mass is 10.2. The molecule has 9 heteroatoms. The number of carbonyl (C=O) groups excluding carboxylic acids is 1. The zero-order valence-electron chi connectivity index (χ0n) is 11.9. The van der Waals surface area contributed by atoms with Crippen molar-refractivity contribution in [3.8, 4) is 0 Å². The van der Waals surface area contributed by atoms with Crippen LogP contribution < -0.4 is 0 Å². The van der Waals surface area contributed by atoms with Gasteiger partial charge in [0.05, 0.1) is 5.25 Å². The van der Waals surface area contributed by atoms with Crippen LogP contribution in [-0.2, 0) is 14.6 Å². The quantitative estimate of drug-likeness (QED) is 0.773. The predicted octanol–water partition coefficient (Wildman–Crippen LogP) is 2.32. The maximum atomic E-state index is 12.8. The van der Waals surface area contributed by atoms with Crippen LogP contribution in [-0.4, -0.2) is 44.7 Å². The standard InChI is InChI=1S/C13H15F4NO3S/c1-9(10-3-5-11(14)6-4-10)22(20,21)7-12(19)18(2)8-13(15,16)17/h3-6,9H,7-8H2,1-2H3/t9-/m1/s1. The van der Waals surface area contributed by atoms with Crippen molar-refractivity contribution in [1.29, 1.82) is 0 Å². The maximum absolute atomic E-state index is 12.8. The van der Waals surface area contributed by atoms with Crippen molar-refractivity contribution < 1.29 is 30.8 Å². The minimum atomic E-state index is -4.60. The van der Waals surface area contributed by atoms with Crippen LogP contribution >= 0.6 is 0 Å². The second-order valence-electron chi connectivity index (χ2n) is 4.87. The van der Waals surface area contributed by atoms with Gasteiger partial charge in [0, 0.05) is 7.05 Å². The molecular formula is C13H15F4NO3S. The van der Waals surface area contributed by atoms with Crippen LogP contribution in [0.15, 0.2) is 24.3 Å². The van der Waals surface area contributed by atoms with Crippen molar-refractivity contribution >= 4 is 15.7 Å². The molecule has 0 N–H and O–H groups in total. The summed E-state index contributed by atoms with van der Waals surface area (Å²) < 4.78 is 73.5. The Morgan fingerprint density at radius 3 is 2.18 bits per heavy atom. The summed E-state index contributed by atoms with van der Waals surface area (Å²) in [5.74, 6) is -2.74. The number of hydrogen-bond acceptors (Lipinski definition) is 3. The van der Waals surface area contributed by atoms with Crippen LogP contribution in [0, 0.1) is 5.82 Å². The van der Waals surface area contributed by atoms with Gasteiger partial charge >= 0.3 is 6.18 Å². The van der Waals surface area contributed by atoms with E-state index in [1.807, 2.05) is 0 Å². The largest absolute Gasteiger partial charge is 0.406 e. The van der Waals surface area contributed by atoms with Gasteiger partial charge in [0.25, 0.3) is 0 Å². The minimum absolute atomic E-state index is 0.257. The zero-order valence-corrected chi connectivity index (χ0v) is 12.7. The third kappa shape index (κ3) is 5.28. The summed E-state index contributed by atoms with van der Waals surface area (Å²) in [5.41, 5.74) is 0.257. The van der Waals surface area contributed by atoms with E-state index in [1.165, 1.54) is 19.1 Å². The molecule has 0 bridgehead atoms. The zero-order chi connectivity index (χ0) is 17.1. The highest BCUT2D eigenvalue weighted by Gasteiger charge is 2.33. The summed E-state index contributed by atoms with van der Waals surface area (Å²) in [7, 11) is -3.12. The molecule has 0 saturated heterocycles. The van der Waals surface area contributed by atoms with Crippen LogP contribution in [0.3, 0.4) is 0 Å². The van der Waals surface area contributed by atoms with Crippen molar-refractivity contribution in [3.63, 3.8) is 0 Å². The smallest absolute Gasteiger partial charge is 0.336 e. The normalized spacial score (nSPS) is 13.7. The molecule has 1 amide bonds. The van der Waals surface area contributed by atoms with Gasteiger partial charge in [-0.3, -0.25) is 4.79 Å². The molecule has 0 unspecified atom stereocenters. The molecular weight excluding hydrogens is 326 g/mol. The minimum Gasteiger partial charge on any atom is -0.336 e. The first kappa shape index (κ1) is 18.4. The Hall–Kier alpha value is -1.64. The summed E-state index contributed by atoms with van der Waals surface area (Å²) >= 11 is 0. The summed E-state index contributed by atoms with van der Waals surface area (Å²) in [6, 6.07) is 4.64. The SMILES string of the molecule is C[C@H](c1ccc(F)cc1)S(=O)(=O)CC(=O)N(C)CC(F)(F)F. The fraction of sp³-hybridized carbons (Fsp3) is 0.462. The number of alkyl halides is 3. The number of hydrogen-bond donors (Lipinski definition) is 0. The number of rotatable bonds is 5. The average molecular weight is 341 g/mol. The van der Waals surface area contributed by atoms with Gasteiger partial charge < -0.3 is 4.90 Å². The van der Waals surface area contributed by atoms with E-state index in [9.17, 15) is 30.8 Å². The topological polar surface area (TPSA) is 54.5 Å². The Kier molecular flexibility index (Phi) is 5.55. The van der Waals surface area contributed by atoms with E-state index in [4.69, 9.17) is 0 Å². The molecule has 0 radical (unpaired) electrons. The van der Waals surface area contributed by atoms with Crippen LogP contribution in [0.25, 0.3) is 0 Å². The van der Waals surface area contributed by atoms with Crippen molar-refractivity contribution in [1.82, 2.24) is 4.90 Å². The summed E-state index contributed by atoms with van der Waals surface area (Å²) in [6.07, 6.45) is -4.60. The Balaban J connectivity index is 2.82. The highest BCUT2D eigenvalue weighted by molar-refractivity contribution is 7.92. The lowest BCUT2D eigenvalue weighted by Crippen LogP contribution is -2.39. The fourth-order valence-corrected chi connectivity index (χ4v) is 3.09. The molecule has 0 aromatic heterocycles. The fourth-order valence-electron chi connectivity index (χ4n) is 1.71. The molecule has 0 spiro atoms. The first-order chi connectivity index (χ1) is 9.92. The monoisotopic (exact) mass is 341 g/mol. The number of benzene rings is 1. The van der Waals surface area contributed by atoms with Gasteiger partial charge in [-0.05, 0) is 24.6 Å². The Labute approximate surface area is 125 Å². The van der Waals surface area contributed by atoms with E-state index < -0.39 is 45.3 Å². The molecule has 0 heterocycles. The van der Waals surface area contributed by atoms with Gasteiger partial charge in [-0.1, -0.05) is 12.1 Å². The Morgan fingerprint density at radius 1 is 1.23 bits per heavy atom. The molecule has 22 heavy (non-hydrogen) atoms. The van der Waals surface area contributed by atoms with Gasteiger partial charge in [-0.15, -0.1) is 0 Å². The van der Waals surface area contributed by atoms with Crippen LogP contribution in [0.1, 0.15) is 17.7 Å². The highest BCUT2D eigenvalue weighted by Crippen LogP contribution is 2.23. The van der Waals surface area contributed by atoms with E-state index >= 15 is 0 Å². The maximum Gasteiger partial charge on any atom is 0.406 e. The first-order valence-corrected chi connectivity index (χ1v) is 7.91. The molecule has 1 rings (SSSR count). The van der Waals surface area contributed by atoms with Crippen molar-refractivity contribution in [2.45, 2.75) is 18.3 Å². The first-order valence-electron chi connectivity index (χ1n) is 6.20. The molecule has 124 valence electrons. The summed E-state index contributed by atoms with van der Waals surface area (Å²) in [6.45, 7) is -0.230. The van der Waals surface area contributed by atoms with Gasteiger partial charge in [0.1, 0.15) is 18.1 Å². The van der Waals surface area contributed by atoms with Gasteiger partial charge in [-0.25, -0.2) is 12.8 Å². The van der Waals surface area contributed by atoms with Crippen LogP contribution in [0.5, 0.6) is 0 Å². The highest BCUT2D eigenvalue weighted by atomic mass is 32.2. The Morgan fingerprint density at radius 2 is 1.73 bits per heavy atom. The van der Waals surface area contributed by atoms with E-state index in [0.29, 0.717) is 4.90 Å². The van der Waals surface area contributed by atoms with E-state index in [-0.39, 0.29) is 5.56 Å². The second kappa shape index (κ2) is 6.64. The van der Waals surface area contributed by atoms with Gasteiger partial charge in [0.2, 0.25) is 5.91 Å². The number of sulfone groups is 1. The van der Waals surface area contributed by atoms with E-state index in [0.717, 1.165) is 19.2 Å². The van der Waals surface area contributed by atoms with Gasteiger partial charge in [-0.2, -0.15) is 13.2 Å². The second-order valence-corrected chi connectivity index (χ2v) is 7.19. The van der Waals surface area contributed by atoms with Crippen LogP contribution in [0.2, 0.25) is 0 Å². The lowest BCUT2D eigenvalue weighted by Gasteiger charge is -2.20. The van der Waals surface area contributed by atoms with Crippen molar-refractivity contribution in [3.05, 3.63) is 35.6 Å². The Bertz CT molecular complexity index is 626. The summed E-state index contributed by atoms with van der Waals surface area (Å²) in [5, 5.41) is -1.13. The molecule has 4 nitrogen and oxygen atoms in total. The molecule has 0 aliphatic rings. The van der Waals surface area contributed by atoms with Crippen LogP contribution in [0.4, 0.5) is 17.6 Å². The molecule has 0 fully saturated rings. The van der Waals surface area contributed by atoms with E-state index in [2.05, 4.69) is 0 Å². The average Bonchev–Trinajstić information content (AvgIpc) is 2.36. The molecule has 0 aliphatic carbocycles.